The van der Waals surface area contributed by atoms with Crippen molar-refractivity contribution in [2.75, 3.05) is 10.5 Å². The van der Waals surface area contributed by atoms with Crippen LogP contribution >= 0.6 is 11.5 Å². The molecule has 0 aliphatic heterocycles. The van der Waals surface area contributed by atoms with Crippen molar-refractivity contribution in [3.63, 3.8) is 0 Å². The molecule has 0 aliphatic carbocycles. The van der Waals surface area contributed by atoms with Crippen LogP contribution < -0.4 is 10.5 Å². The largest absolute Gasteiger partial charge is 0.384 e. The smallest absolute Gasteiger partial charge is 0.263 e. The molecule has 21 heavy (non-hydrogen) atoms. The van der Waals surface area contributed by atoms with E-state index in [1.807, 2.05) is 0 Å². The number of aromatic nitrogens is 3. The number of sulfonamides is 1. The zero-order valence-corrected chi connectivity index (χ0v) is 12.6. The molecule has 0 unspecified atom stereocenters. The predicted octanol–water partition coefficient (Wildman–Crippen LogP) is 1.78. The van der Waals surface area contributed by atoms with Gasteiger partial charge in [-0.1, -0.05) is 0 Å². The van der Waals surface area contributed by atoms with Crippen LogP contribution in [0.4, 0.5) is 10.9 Å². The van der Waals surface area contributed by atoms with E-state index in [4.69, 9.17) is 5.73 Å². The molecule has 9 heteroatoms. The van der Waals surface area contributed by atoms with Crippen LogP contribution in [0, 0.1) is 6.92 Å². The second-order valence-electron chi connectivity index (χ2n) is 4.34. The van der Waals surface area contributed by atoms with Crippen molar-refractivity contribution in [3.05, 3.63) is 36.2 Å². The fourth-order valence-corrected chi connectivity index (χ4v) is 3.63. The Kier molecular flexibility index (Phi) is 3.22. The van der Waals surface area contributed by atoms with Crippen molar-refractivity contribution >= 4 is 43.4 Å². The van der Waals surface area contributed by atoms with Crippen LogP contribution in [-0.2, 0) is 10.0 Å². The molecule has 2 aromatic heterocycles. The molecule has 0 saturated carbocycles. The normalized spacial score (nSPS) is 11.7. The van der Waals surface area contributed by atoms with Gasteiger partial charge in [0.2, 0.25) is 5.13 Å². The number of fused-ring (bicyclic) bond motifs is 1. The van der Waals surface area contributed by atoms with Gasteiger partial charge in [0.25, 0.3) is 10.0 Å². The number of rotatable bonds is 3. The molecule has 0 fully saturated rings. The topological polar surface area (TPSA) is 111 Å². The van der Waals surface area contributed by atoms with Gasteiger partial charge in [-0.05, 0) is 37.3 Å². The summed E-state index contributed by atoms with van der Waals surface area (Å²) in [6.07, 6.45) is 0. The Morgan fingerprint density at radius 1 is 1.19 bits per heavy atom. The average Bonchev–Trinajstić information content (AvgIpc) is 2.82. The number of nitrogen functional groups attached to an aromatic ring is 1. The van der Waals surface area contributed by atoms with Crippen LogP contribution in [0.15, 0.2) is 35.2 Å². The highest BCUT2D eigenvalue weighted by molar-refractivity contribution is 7.93. The Labute approximate surface area is 125 Å². The van der Waals surface area contributed by atoms with Gasteiger partial charge >= 0.3 is 0 Å². The van der Waals surface area contributed by atoms with E-state index in [0.717, 1.165) is 11.5 Å². The minimum absolute atomic E-state index is 0.134. The summed E-state index contributed by atoms with van der Waals surface area (Å²) < 4.78 is 30.9. The molecule has 3 rings (SSSR count). The molecular formula is C12H11N5O2S2. The second-order valence-corrected chi connectivity index (χ2v) is 6.78. The highest BCUT2D eigenvalue weighted by Crippen LogP contribution is 2.21. The van der Waals surface area contributed by atoms with Crippen molar-refractivity contribution < 1.29 is 8.42 Å². The summed E-state index contributed by atoms with van der Waals surface area (Å²) >= 11 is 0.996. The first kappa shape index (κ1) is 13.7. The van der Waals surface area contributed by atoms with Gasteiger partial charge in [-0.2, -0.15) is 4.37 Å². The van der Waals surface area contributed by atoms with Crippen LogP contribution in [0.3, 0.4) is 0 Å². The molecule has 1 aromatic carbocycles. The van der Waals surface area contributed by atoms with Crippen molar-refractivity contribution in [1.82, 2.24) is 14.3 Å². The van der Waals surface area contributed by atoms with E-state index >= 15 is 0 Å². The molecule has 2 heterocycles. The summed E-state index contributed by atoms with van der Waals surface area (Å²) in [5, 5.41) is 0.934. The lowest BCUT2D eigenvalue weighted by molar-refractivity contribution is 0.601. The van der Waals surface area contributed by atoms with E-state index in [9.17, 15) is 8.42 Å². The number of benzene rings is 1. The summed E-state index contributed by atoms with van der Waals surface area (Å²) in [5.74, 6) is 0.913. The standard InChI is InChI=1S/C12H11N5O2S2/c1-7-14-12(20-16-7)17-21(18,19)9-3-4-10-8(6-9)2-5-11(13)15-10/h2-6H,1H3,(H2,13,15)(H,14,16,17). The maximum atomic E-state index is 12.3. The Bertz CT molecular complexity index is 920. The van der Waals surface area contributed by atoms with Gasteiger partial charge in [-0.25, -0.2) is 18.4 Å². The number of hydrogen-bond donors (Lipinski definition) is 2. The van der Waals surface area contributed by atoms with Crippen LogP contribution in [-0.4, -0.2) is 22.8 Å². The molecule has 0 aliphatic rings. The third-order valence-corrected chi connectivity index (χ3v) is 4.93. The number of aryl methyl sites for hydroxylation is 1. The van der Waals surface area contributed by atoms with Crippen LogP contribution in [0.5, 0.6) is 0 Å². The summed E-state index contributed by atoms with van der Waals surface area (Å²) in [4.78, 5) is 8.25. The van der Waals surface area contributed by atoms with Gasteiger partial charge in [0.15, 0.2) is 0 Å². The molecule has 0 atom stereocenters. The number of hydrogen-bond acceptors (Lipinski definition) is 7. The first-order chi connectivity index (χ1) is 9.94. The number of nitrogens with one attached hydrogen (secondary N) is 1. The van der Waals surface area contributed by atoms with E-state index in [-0.39, 0.29) is 10.0 Å². The SMILES string of the molecule is Cc1nsc(NS(=O)(=O)c2ccc3nc(N)ccc3c2)n1. The molecule has 0 amide bonds. The molecule has 108 valence electrons. The van der Waals surface area contributed by atoms with Crippen LogP contribution in [0.1, 0.15) is 5.82 Å². The Morgan fingerprint density at radius 2 is 2.00 bits per heavy atom. The first-order valence-corrected chi connectivity index (χ1v) is 8.19. The molecule has 0 spiro atoms. The monoisotopic (exact) mass is 321 g/mol. The molecule has 0 bridgehead atoms. The summed E-state index contributed by atoms with van der Waals surface area (Å²) in [6, 6.07) is 7.99. The first-order valence-electron chi connectivity index (χ1n) is 5.93. The third-order valence-electron chi connectivity index (χ3n) is 2.74. The minimum Gasteiger partial charge on any atom is -0.384 e. The molecular weight excluding hydrogens is 310 g/mol. The summed E-state index contributed by atoms with van der Waals surface area (Å²) in [6.45, 7) is 1.69. The van der Waals surface area contributed by atoms with Crippen LogP contribution in [0.2, 0.25) is 0 Å². The van der Waals surface area contributed by atoms with Crippen molar-refractivity contribution in [1.29, 1.82) is 0 Å². The Balaban J connectivity index is 2.00. The van der Waals surface area contributed by atoms with E-state index in [1.165, 1.54) is 12.1 Å². The van der Waals surface area contributed by atoms with Crippen molar-refractivity contribution in [2.45, 2.75) is 11.8 Å². The lowest BCUT2D eigenvalue weighted by Gasteiger charge is -2.06. The van der Waals surface area contributed by atoms with Gasteiger partial charge in [0.05, 0.1) is 10.4 Å². The van der Waals surface area contributed by atoms with Crippen LogP contribution in [0.25, 0.3) is 10.9 Å². The van der Waals surface area contributed by atoms with Gasteiger partial charge in [-0.3, -0.25) is 4.72 Å². The summed E-state index contributed by atoms with van der Waals surface area (Å²) in [5.41, 5.74) is 6.24. The van der Waals surface area contributed by atoms with Gasteiger partial charge in [-0.15, -0.1) is 0 Å². The van der Waals surface area contributed by atoms with E-state index in [1.54, 1.807) is 25.1 Å². The van der Waals surface area contributed by atoms with Crippen molar-refractivity contribution in [3.8, 4) is 0 Å². The molecule has 3 aromatic rings. The highest BCUT2D eigenvalue weighted by atomic mass is 32.2. The van der Waals surface area contributed by atoms with Crippen molar-refractivity contribution in [2.24, 2.45) is 0 Å². The van der Waals surface area contributed by atoms with Gasteiger partial charge in [0.1, 0.15) is 11.6 Å². The van der Waals surface area contributed by atoms with Gasteiger partial charge in [0, 0.05) is 16.9 Å². The fourth-order valence-electron chi connectivity index (χ4n) is 1.80. The molecule has 3 N–H and O–H groups in total. The average molecular weight is 321 g/mol. The number of anilines is 2. The minimum atomic E-state index is -3.70. The van der Waals surface area contributed by atoms with E-state index in [0.29, 0.717) is 22.5 Å². The molecule has 0 radical (unpaired) electrons. The Morgan fingerprint density at radius 3 is 2.71 bits per heavy atom. The quantitative estimate of drug-likeness (QED) is 0.760. The second kappa shape index (κ2) is 4.93. The highest BCUT2D eigenvalue weighted by Gasteiger charge is 2.17. The number of nitrogens with two attached hydrogens (primary N) is 1. The fraction of sp³-hybridized carbons (Fsp3) is 0.0833. The molecule has 0 saturated heterocycles. The lowest BCUT2D eigenvalue weighted by atomic mass is 10.2. The van der Waals surface area contributed by atoms with E-state index < -0.39 is 10.0 Å². The van der Waals surface area contributed by atoms with Gasteiger partial charge < -0.3 is 5.73 Å². The predicted molar refractivity (Wildman–Crippen MR) is 81.6 cm³/mol. The molecule has 7 nitrogen and oxygen atoms in total. The maximum absolute atomic E-state index is 12.3. The maximum Gasteiger partial charge on any atom is 0.263 e. The lowest BCUT2D eigenvalue weighted by Crippen LogP contribution is -2.12. The zero-order chi connectivity index (χ0) is 15.0. The number of pyridine rings is 1. The number of nitrogens with zero attached hydrogens (tertiary/aromatic N) is 3. The third kappa shape index (κ3) is 2.78. The summed E-state index contributed by atoms with van der Waals surface area (Å²) in [7, 11) is -3.70. The Hall–Kier alpha value is -2.26. The zero-order valence-electron chi connectivity index (χ0n) is 10.9. The van der Waals surface area contributed by atoms with E-state index in [2.05, 4.69) is 19.1 Å².